The van der Waals surface area contributed by atoms with Crippen molar-refractivity contribution in [2.45, 2.75) is 51.2 Å². The van der Waals surface area contributed by atoms with Gasteiger partial charge in [0.15, 0.2) is 0 Å². The number of pyridine rings is 1. The van der Waals surface area contributed by atoms with Gasteiger partial charge in [0.25, 0.3) is 0 Å². The Balaban J connectivity index is 1.68. The number of aliphatic hydroxyl groups excluding tert-OH is 1. The van der Waals surface area contributed by atoms with E-state index in [-0.39, 0.29) is 0 Å². The molecule has 0 aliphatic heterocycles. The fourth-order valence-corrected chi connectivity index (χ4v) is 2.90. The van der Waals surface area contributed by atoms with Crippen LogP contribution in [0, 0.1) is 6.92 Å². The highest BCUT2D eigenvalue weighted by Gasteiger charge is 2.18. The van der Waals surface area contributed by atoms with Gasteiger partial charge in [0.2, 0.25) is 0 Å². The van der Waals surface area contributed by atoms with E-state index in [1.807, 2.05) is 31.3 Å². The molecule has 3 rings (SSSR count). The minimum absolute atomic E-state index is 0.524. The van der Waals surface area contributed by atoms with Crippen molar-refractivity contribution in [1.29, 1.82) is 0 Å². The van der Waals surface area contributed by atoms with Gasteiger partial charge in [0.05, 0.1) is 17.4 Å². The van der Waals surface area contributed by atoms with E-state index < -0.39 is 6.10 Å². The van der Waals surface area contributed by atoms with Crippen LogP contribution in [0.25, 0.3) is 0 Å². The monoisotopic (exact) mass is 271 g/mol. The molecule has 4 nitrogen and oxygen atoms in total. The van der Waals surface area contributed by atoms with Crippen molar-refractivity contribution in [3.63, 3.8) is 0 Å². The summed E-state index contributed by atoms with van der Waals surface area (Å²) in [5.74, 6) is 0. The lowest BCUT2D eigenvalue weighted by Crippen LogP contribution is -2.08. The van der Waals surface area contributed by atoms with Gasteiger partial charge in [-0.15, -0.1) is 0 Å². The predicted molar refractivity (Wildman–Crippen MR) is 77.4 cm³/mol. The number of hydrogen-bond donors (Lipinski definition) is 1. The number of rotatable bonds is 4. The van der Waals surface area contributed by atoms with E-state index in [1.165, 1.54) is 25.7 Å². The zero-order valence-corrected chi connectivity index (χ0v) is 11.9. The smallest absolute Gasteiger partial charge is 0.102 e. The third kappa shape index (κ3) is 2.90. The minimum atomic E-state index is -0.582. The summed E-state index contributed by atoms with van der Waals surface area (Å²) >= 11 is 0. The Labute approximate surface area is 119 Å². The third-order valence-electron chi connectivity index (χ3n) is 4.04. The summed E-state index contributed by atoms with van der Waals surface area (Å²) in [5, 5.41) is 14.9. The van der Waals surface area contributed by atoms with Crippen LogP contribution >= 0.6 is 0 Å². The van der Waals surface area contributed by atoms with Crippen molar-refractivity contribution in [2.75, 3.05) is 0 Å². The van der Waals surface area contributed by atoms with Crippen molar-refractivity contribution in [3.05, 3.63) is 47.5 Å². The fraction of sp³-hybridized carbons (Fsp3) is 0.500. The molecule has 1 unspecified atom stereocenters. The lowest BCUT2D eigenvalue weighted by atomic mass is 10.1. The maximum atomic E-state index is 10.3. The molecule has 0 spiro atoms. The Morgan fingerprint density at radius 2 is 2.15 bits per heavy atom. The van der Waals surface area contributed by atoms with E-state index in [2.05, 4.69) is 14.8 Å². The Morgan fingerprint density at radius 1 is 1.35 bits per heavy atom. The second kappa shape index (κ2) is 5.75. The summed E-state index contributed by atoms with van der Waals surface area (Å²) in [6.07, 6.45) is 8.78. The van der Waals surface area contributed by atoms with E-state index in [1.54, 1.807) is 6.20 Å². The van der Waals surface area contributed by atoms with Gasteiger partial charge in [-0.3, -0.25) is 9.67 Å². The van der Waals surface area contributed by atoms with Crippen molar-refractivity contribution in [1.82, 2.24) is 14.8 Å². The summed E-state index contributed by atoms with van der Waals surface area (Å²) in [4.78, 5) is 4.24. The molecule has 2 heterocycles. The van der Waals surface area contributed by atoms with Gasteiger partial charge in [-0.1, -0.05) is 12.8 Å². The third-order valence-corrected chi connectivity index (χ3v) is 4.04. The lowest BCUT2D eigenvalue weighted by molar-refractivity contribution is 0.172. The molecule has 0 amide bonds. The molecule has 0 bridgehead atoms. The molecule has 1 saturated carbocycles. The van der Waals surface area contributed by atoms with Crippen molar-refractivity contribution in [3.8, 4) is 0 Å². The Hall–Kier alpha value is -1.68. The molecular formula is C16H21N3O. The summed E-state index contributed by atoms with van der Waals surface area (Å²) in [6.45, 7) is 2.01. The van der Waals surface area contributed by atoms with Gasteiger partial charge in [0.1, 0.15) is 6.10 Å². The molecule has 0 radical (unpaired) electrons. The summed E-state index contributed by atoms with van der Waals surface area (Å²) in [5.41, 5.74) is 2.78. The van der Waals surface area contributed by atoms with Crippen LogP contribution in [0.15, 0.2) is 30.6 Å². The Morgan fingerprint density at radius 3 is 2.90 bits per heavy atom. The number of aliphatic hydroxyl groups is 1. The van der Waals surface area contributed by atoms with Crippen LogP contribution in [0.4, 0.5) is 0 Å². The highest BCUT2D eigenvalue weighted by molar-refractivity contribution is 5.17. The summed E-state index contributed by atoms with van der Waals surface area (Å²) in [7, 11) is 0. The maximum absolute atomic E-state index is 10.3. The first-order valence-corrected chi connectivity index (χ1v) is 7.37. The maximum Gasteiger partial charge on any atom is 0.102 e. The fourth-order valence-electron chi connectivity index (χ4n) is 2.90. The van der Waals surface area contributed by atoms with Crippen LogP contribution in [0.5, 0.6) is 0 Å². The molecule has 1 atom stereocenters. The van der Waals surface area contributed by atoms with Crippen LogP contribution in [-0.2, 0) is 6.42 Å². The van der Waals surface area contributed by atoms with Crippen molar-refractivity contribution in [2.24, 2.45) is 0 Å². The Bertz CT molecular complexity index is 573. The molecule has 4 heteroatoms. The number of hydrogen-bond acceptors (Lipinski definition) is 3. The van der Waals surface area contributed by atoms with Crippen molar-refractivity contribution >= 4 is 0 Å². The topological polar surface area (TPSA) is 50.9 Å². The highest BCUT2D eigenvalue weighted by Crippen LogP contribution is 2.29. The van der Waals surface area contributed by atoms with E-state index in [0.717, 1.165) is 17.0 Å². The largest absolute Gasteiger partial charge is 0.386 e. The molecule has 0 saturated heterocycles. The van der Waals surface area contributed by atoms with Crippen LogP contribution in [0.1, 0.15) is 54.8 Å². The van der Waals surface area contributed by atoms with Crippen molar-refractivity contribution < 1.29 is 5.11 Å². The second-order valence-corrected chi connectivity index (χ2v) is 5.70. The molecule has 106 valence electrons. The molecular weight excluding hydrogens is 250 g/mol. The van der Waals surface area contributed by atoms with Gasteiger partial charge in [-0.25, -0.2) is 0 Å². The van der Waals surface area contributed by atoms with E-state index in [0.29, 0.717) is 12.5 Å². The van der Waals surface area contributed by atoms with E-state index >= 15 is 0 Å². The van der Waals surface area contributed by atoms with Crippen LogP contribution < -0.4 is 0 Å². The average Bonchev–Trinajstić information content (AvgIpc) is 3.08. The standard InChI is InChI=1S/C16H21N3O/c1-12-6-8-17-15(10-12)16(20)11-13-7-9-19(18-13)14-4-2-3-5-14/h6-10,14,16,20H,2-5,11H2,1H3. The molecule has 1 aliphatic carbocycles. The normalized spacial score (nSPS) is 17.5. The first kappa shape index (κ1) is 13.3. The first-order valence-electron chi connectivity index (χ1n) is 7.37. The molecule has 0 aromatic carbocycles. The molecule has 1 N–H and O–H groups in total. The van der Waals surface area contributed by atoms with Gasteiger partial charge < -0.3 is 5.11 Å². The highest BCUT2D eigenvalue weighted by atomic mass is 16.3. The Kier molecular flexibility index (Phi) is 3.83. The molecule has 2 aromatic heterocycles. The molecule has 1 aliphatic rings. The quantitative estimate of drug-likeness (QED) is 0.930. The van der Waals surface area contributed by atoms with E-state index in [4.69, 9.17) is 0 Å². The lowest BCUT2D eigenvalue weighted by Gasteiger charge is -2.10. The predicted octanol–water partition coefficient (Wildman–Crippen LogP) is 2.98. The van der Waals surface area contributed by atoms with E-state index in [9.17, 15) is 5.11 Å². The zero-order valence-electron chi connectivity index (χ0n) is 11.9. The summed E-state index contributed by atoms with van der Waals surface area (Å²) in [6, 6.07) is 6.43. The molecule has 20 heavy (non-hydrogen) atoms. The van der Waals surface area contributed by atoms with Crippen LogP contribution in [0.2, 0.25) is 0 Å². The van der Waals surface area contributed by atoms with Gasteiger partial charge in [-0.05, 0) is 43.5 Å². The van der Waals surface area contributed by atoms with Gasteiger partial charge >= 0.3 is 0 Å². The molecule has 2 aromatic rings. The SMILES string of the molecule is Cc1ccnc(C(O)Cc2ccn(C3CCCC3)n2)c1. The second-order valence-electron chi connectivity index (χ2n) is 5.70. The van der Waals surface area contributed by atoms with Crippen LogP contribution in [0.3, 0.4) is 0 Å². The minimum Gasteiger partial charge on any atom is -0.386 e. The summed E-state index contributed by atoms with van der Waals surface area (Å²) < 4.78 is 2.07. The number of nitrogens with zero attached hydrogens (tertiary/aromatic N) is 3. The van der Waals surface area contributed by atoms with Crippen LogP contribution in [-0.4, -0.2) is 19.9 Å². The van der Waals surface area contributed by atoms with Gasteiger partial charge in [-0.2, -0.15) is 5.10 Å². The first-order chi connectivity index (χ1) is 9.72. The number of aryl methyl sites for hydroxylation is 1. The average molecular weight is 271 g/mol. The molecule has 1 fully saturated rings. The zero-order chi connectivity index (χ0) is 13.9. The number of aromatic nitrogens is 3. The van der Waals surface area contributed by atoms with Gasteiger partial charge in [0, 0.05) is 18.8 Å².